The molecule has 0 amide bonds. The molecule has 8 nitrogen and oxygen atoms in total. The normalized spacial score (nSPS) is 18.2. The van der Waals surface area contributed by atoms with E-state index in [0.29, 0.717) is 23.5 Å². The Labute approximate surface area is 201 Å². The SMILES string of the molecule is COc1cccc2c1O[C@H](c1ccc(OC)c(OC)c1C(=O)O)N1N=C(c3ccc(F)cc3)C[C@H]21. The lowest BCUT2D eigenvalue weighted by Crippen LogP contribution is -2.35. The lowest BCUT2D eigenvalue weighted by atomic mass is 9.94. The van der Waals surface area contributed by atoms with Gasteiger partial charge >= 0.3 is 5.97 Å². The van der Waals surface area contributed by atoms with Crippen molar-refractivity contribution in [3.63, 3.8) is 0 Å². The molecule has 0 saturated heterocycles. The number of methoxy groups -OCH3 is 3. The molecule has 0 radical (unpaired) electrons. The van der Waals surface area contributed by atoms with E-state index in [9.17, 15) is 14.3 Å². The predicted molar refractivity (Wildman–Crippen MR) is 125 cm³/mol. The maximum absolute atomic E-state index is 13.5. The van der Waals surface area contributed by atoms with Crippen LogP contribution in [0.2, 0.25) is 0 Å². The molecular formula is C26H23FN2O6. The third kappa shape index (κ3) is 3.69. The standard InChI is InChI=1S/C26H23FN2O6/c1-32-20-6-4-5-16-19-13-18(14-7-9-15(27)10-8-14)28-29(19)25(35-23(16)20)17-11-12-21(33-2)24(34-3)22(17)26(30)31/h4-12,19,25H,13H2,1-3H3,(H,30,31)/t19-,25-/m1/s1. The van der Waals surface area contributed by atoms with Crippen LogP contribution in [0.25, 0.3) is 0 Å². The number of nitrogens with zero attached hydrogens (tertiary/aromatic N) is 2. The number of para-hydroxylation sites is 1. The summed E-state index contributed by atoms with van der Waals surface area (Å²) in [4.78, 5) is 12.4. The van der Waals surface area contributed by atoms with Gasteiger partial charge in [-0.3, -0.25) is 0 Å². The molecule has 3 aromatic rings. The van der Waals surface area contributed by atoms with Gasteiger partial charge in [0.15, 0.2) is 23.0 Å². The monoisotopic (exact) mass is 478 g/mol. The Balaban J connectivity index is 1.70. The molecule has 3 aromatic carbocycles. The Bertz CT molecular complexity index is 1320. The Morgan fingerprint density at radius 1 is 1.00 bits per heavy atom. The van der Waals surface area contributed by atoms with Crippen LogP contribution in [0.15, 0.2) is 59.7 Å². The third-order valence-corrected chi connectivity index (χ3v) is 6.24. The highest BCUT2D eigenvalue weighted by Crippen LogP contribution is 2.52. The van der Waals surface area contributed by atoms with Gasteiger partial charge in [0.1, 0.15) is 11.4 Å². The lowest BCUT2D eigenvalue weighted by molar-refractivity contribution is -0.0217. The van der Waals surface area contributed by atoms with Crippen molar-refractivity contribution in [2.24, 2.45) is 5.10 Å². The highest BCUT2D eigenvalue weighted by Gasteiger charge is 2.44. The molecule has 2 heterocycles. The van der Waals surface area contributed by atoms with Crippen molar-refractivity contribution in [3.8, 4) is 23.0 Å². The van der Waals surface area contributed by atoms with Crippen LogP contribution in [0, 0.1) is 5.82 Å². The molecule has 0 aliphatic carbocycles. The minimum Gasteiger partial charge on any atom is -0.493 e. The van der Waals surface area contributed by atoms with E-state index in [0.717, 1.165) is 16.8 Å². The van der Waals surface area contributed by atoms with Crippen molar-refractivity contribution in [2.45, 2.75) is 18.7 Å². The molecule has 2 atom stereocenters. The van der Waals surface area contributed by atoms with Crippen molar-refractivity contribution in [1.82, 2.24) is 5.01 Å². The zero-order valence-electron chi connectivity index (χ0n) is 19.3. The van der Waals surface area contributed by atoms with Crippen LogP contribution in [0.1, 0.15) is 45.7 Å². The quantitative estimate of drug-likeness (QED) is 0.545. The van der Waals surface area contributed by atoms with Gasteiger partial charge in [0.25, 0.3) is 0 Å². The molecular weight excluding hydrogens is 455 g/mol. The van der Waals surface area contributed by atoms with Gasteiger partial charge in [-0.25, -0.2) is 14.2 Å². The van der Waals surface area contributed by atoms with Crippen molar-refractivity contribution < 1.29 is 33.2 Å². The van der Waals surface area contributed by atoms with Gasteiger partial charge in [0.2, 0.25) is 6.23 Å². The number of hydrogen-bond donors (Lipinski definition) is 1. The van der Waals surface area contributed by atoms with Crippen LogP contribution >= 0.6 is 0 Å². The summed E-state index contributed by atoms with van der Waals surface area (Å²) in [5.41, 5.74) is 2.63. The molecule has 0 fully saturated rings. The van der Waals surface area contributed by atoms with Crippen molar-refractivity contribution in [3.05, 3.63) is 82.7 Å². The van der Waals surface area contributed by atoms with E-state index in [2.05, 4.69) is 0 Å². The summed E-state index contributed by atoms with van der Waals surface area (Å²) >= 11 is 0. The topological polar surface area (TPSA) is 89.8 Å². The zero-order valence-corrected chi connectivity index (χ0v) is 19.3. The molecule has 0 aromatic heterocycles. The zero-order chi connectivity index (χ0) is 24.7. The van der Waals surface area contributed by atoms with E-state index in [1.165, 1.54) is 26.4 Å². The van der Waals surface area contributed by atoms with E-state index < -0.39 is 12.2 Å². The molecule has 0 saturated carbocycles. The number of carbonyl (C=O) groups is 1. The fourth-order valence-electron chi connectivity index (χ4n) is 4.64. The molecule has 2 aliphatic rings. The Hall–Kier alpha value is -4.27. The van der Waals surface area contributed by atoms with Crippen molar-refractivity contribution >= 4 is 11.7 Å². The minimum atomic E-state index is -1.19. The Morgan fingerprint density at radius 2 is 1.74 bits per heavy atom. The minimum absolute atomic E-state index is 0.0839. The summed E-state index contributed by atoms with van der Waals surface area (Å²) in [7, 11) is 4.38. The van der Waals surface area contributed by atoms with Crippen LogP contribution in [0.4, 0.5) is 4.39 Å². The maximum Gasteiger partial charge on any atom is 0.340 e. The molecule has 5 rings (SSSR count). The lowest BCUT2D eigenvalue weighted by Gasteiger charge is -2.39. The summed E-state index contributed by atoms with van der Waals surface area (Å²) in [5, 5.41) is 16.7. The Morgan fingerprint density at radius 3 is 2.40 bits per heavy atom. The molecule has 35 heavy (non-hydrogen) atoms. The number of aromatic carboxylic acids is 1. The molecule has 0 bridgehead atoms. The average Bonchev–Trinajstić information content (AvgIpc) is 3.33. The molecule has 180 valence electrons. The molecule has 2 aliphatic heterocycles. The Kier molecular flexibility index (Phi) is 5.68. The van der Waals surface area contributed by atoms with E-state index >= 15 is 0 Å². The van der Waals surface area contributed by atoms with Crippen molar-refractivity contribution in [1.29, 1.82) is 0 Å². The number of carboxylic acids is 1. The summed E-state index contributed by atoms with van der Waals surface area (Å²) in [5.74, 6) is -0.106. The predicted octanol–water partition coefficient (Wildman–Crippen LogP) is 4.79. The van der Waals surface area contributed by atoms with Gasteiger partial charge in [-0.15, -0.1) is 0 Å². The second kappa shape index (κ2) is 8.83. The molecule has 9 heteroatoms. The first-order valence-electron chi connectivity index (χ1n) is 10.9. The van der Waals surface area contributed by atoms with Gasteiger partial charge in [-0.1, -0.05) is 24.3 Å². The van der Waals surface area contributed by atoms with E-state index in [1.54, 1.807) is 42.5 Å². The smallest absolute Gasteiger partial charge is 0.340 e. The van der Waals surface area contributed by atoms with Crippen LogP contribution in [-0.2, 0) is 0 Å². The van der Waals surface area contributed by atoms with Crippen LogP contribution in [0.3, 0.4) is 0 Å². The van der Waals surface area contributed by atoms with E-state index in [4.69, 9.17) is 24.0 Å². The molecule has 0 unspecified atom stereocenters. The number of ether oxygens (including phenoxy) is 4. The average molecular weight is 478 g/mol. The molecule has 1 N–H and O–H groups in total. The van der Waals surface area contributed by atoms with Gasteiger partial charge in [-0.2, -0.15) is 5.10 Å². The number of benzene rings is 3. The van der Waals surface area contributed by atoms with Crippen molar-refractivity contribution in [2.75, 3.05) is 21.3 Å². The highest BCUT2D eigenvalue weighted by atomic mass is 19.1. The first-order chi connectivity index (χ1) is 17.0. The second-order valence-electron chi connectivity index (χ2n) is 8.07. The maximum atomic E-state index is 13.5. The van der Waals surface area contributed by atoms with Crippen LogP contribution in [-0.4, -0.2) is 43.1 Å². The number of hydrazone groups is 1. The first-order valence-corrected chi connectivity index (χ1v) is 10.9. The third-order valence-electron chi connectivity index (χ3n) is 6.24. The molecule has 0 spiro atoms. The van der Waals surface area contributed by atoms with E-state index in [-0.39, 0.29) is 28.9 Å². The summed E-state index contributed by atoms with van der Waals surface area (Å²) in [6, 6.07) is 14.7. The number of rotatable bonds is 6. The summed E-state index contributed by atoms with van der Waals surface area (Å²) < 4.78 is 36.2. The summed E-state index contributed by atoms with van der Waals surface area (Å²) in [6.45, 7) is 0. The number of halogens is 1. The van der Waals surface area contributed by atoms with Gasteiger partial charge in [0, 0.05) is 17.5 Å². The number of fused-ring (bicyclic) bond motifs is 3. The van der Waals surface area contributed by atoms with Crippen LogP contribution < -0.4 is 18.9 Å². The largest absolute Gasteiger partial charge is 0.493 e. The number of hydrogen-bond acceptors (Lipinski definition) is 7. The fraction of sp³-hybridized carbons (Fsp3) is 0.231. The van der Waals surface area contributed by atoms with Gasteiger partial charge in [0.05, 0.1) is 33.1 Å². The number of carboxylic acid groups (broad SMARTS) is 1. The van der Waals surface area contributed by atoms with Gasteiger partial charge < -0.3 is 24.1 Å². The van der Waals surface area contributed by atoms with Crippen LogP contribution in [0.5, 0.6) is 23.0 Å². The summed E-state index contributed by atoms with van der Waals surface area (Å²) in [6.07, 6.45) is -0.380. The van der Waals surface area contributed by atoms with Gasteiger partial charge in [-0.05, 0) is 35.9 Å². The second-order valence-corrected chi connectivity index (χ2v) is 8.07. The van der Waals surface area contributed by atoms with E-state index in [1.807, 2.05) is 12.1 Å². The first kappa shape index (κ1) is 22.5. The fourth-order valence-corrected chi connectivity index (χ4v) is 4.64. The highest BCUT2D eigenvalue weighted by molar-refractivity contribution is 6.02.